The van der Waals surface area contributed by atoms with E-state index >= 15 is 0 Å². The van der Waals surface area contributed by atoms with Crippen molar-refractivity contribution >= 4 is 34.2 Å². The maximum absolute atomic E-state index is 12.4. The molecule has 2 N–H and O–H groups in total. The molecule has 0 aliphatic carbocycles. The highest BCUT2D eigenvalue weighted by Crippen LogP contribution is 2.17. The Morgan fingerprint density at radius 3 is 2.50 bits per heavy atom. The van der Waals surface area contributed by atoms with E-state index in [1.807, 2.05) is 0 Å². The Hall–Kier alpha value is -3.45. The zero-order valence-electron chi connectivity index (χ0n) is 13.9. The van der Waals surface area contributed by atoms with Crippen LogP contribution in [0.2, 0.25) is 0 Å². The number of amides is 2. The third kappa shape index (κ3) is 3.96. The van der Waals surface area contributed by atoms with Crippen LogP contribution in [-0.2, 0) is 9.53 Å². The van der Waals surface area contributed by atoms with Crippen molar-refractivity contribution in [3.63, 3.8) is 0 Å². The zero-order chi connectivity index (χ0) is 18.5. The summed E-state index contributed by atoms with van der Waals surface area (Å²) < 4.78 is 9.92. The minimum atomic E-state index is -0.717. The van der Waals surface area contributed by atoms with Crippen molar-refractivity contribution < 1.29 is 18.7 Å². The molecule has 1 heterocycles. The number of methoxy groups -OCH3 is 1. The van der Waals surface area contributed by atoms with Crippen LogP contribution in [0.15, 0.2) is 63.8 Å². The monoisotopic (exact) mass is 352 g/mol. The number of fused-ring (bicyclic) bond motifs is 1. The molecule has 0 unspecified atom stereocenters. The van der Waals surface area contributed by atoms with Crippen LogP contribution in [0.25, 0.3) is 11.0 Å². The SMILES string of the molecule is COCC(=O)Nc1cccc(NC(=O)c2cc3ccccc3oc2=O)c1. The number of anilines is 2. The summed E-state index contributed by atoms with van der Waals surface area (Å²) in [6.45, 7) is -0.0747. The van der Waals surface area contributed by atoms with Gasteiger partial charge in [0.05, 0.1) is 0 Å². The molecule has 0 saturated heterocycles. The van der Waals surface area contributed by atoms with E-state index in [0.29, 0.717) is 22.3 Å². The van der Waals surface area contributed by atoms with E-state index in [2.05, 4.69) is 10.6 Å². The summed E-state index contributed by atoms with van der Waals surface area (Å²) in [4.78, 5) is 36.0. The summed E-state index contributed by atoms with van der Waals surface area (Å²) >= 11 is 0. The van der Waals surface area contributed by atoms with Crippen LogP contribution in [0.1, 0.15) is 10.4 Å². The molecule has 0 saturated carbocycles. The lowest BCUT2D eigenvalue weighted by atomic mass is 10.1. The Morgan fingerprint density at radius 1 is 1.00 bits per heavy atom. The van der Waals surface area contributed by atoms with E-state index in [-0.39, 0.29) is 18.1 Å². The average molecular weight is 352 g/mol. The molecule has 7 nitrogen and oxygen atoms in total. The van der Waals surface area contributed by atoms with E-state index < -0.39 is 11.5 Å². The molecule has 0 bridgehead atoms. The second kappa shape index (κ2) is 7.62. The van der Waals surface area contributed by atoms with Crippen LogP contribution >= 0.6 is 0 Å². The van der Waals surface area contributed by atoms with Gasteiger partial charge in [0, 0.05) is 23.9 Å². The number of carbonyl (C=O) groups is 2. The van der Waals surface area contributed by atoms with Crippen molar-refractivity contribution in [3.05, 3.63) is 70.6 Å². The number of benzene rings is 2. The average Bonchev–Trinajstić information content (AvgIpc) is 2.61. The normalized spacial score (nSPS) is 10.5. The Balaban J connectivity index is 1.81. The summed E-state index contributed by atoms with van der Waals surface area (Å²) in [5, 5.41) is 5.91. The first-order valence-electron chi connectivity index (χ1n) is 7.80. The largest absolute Gasteiger partial charge is 0.422 e. The van der Waals surface area contributed by atoms with Gasteiger partial charge < -0.3 is 19.8 Å². The van der Waals surface area contributed by atoms with Crippen LogP contribution in [-0.4, -0.2) is 25.5 Å². The summed E-state index contributed by atoms with van der Waals surface area (Å²) in [5.74, 6) is -0.906. The predicted molar refractivity (Wildman–Crippen MR) is 97.4 cm³/mol. The molecule has 26 heavy (non-hydrogen) atoms. The summed E-state index contributed by atoms with van der Waals surface area (Å²) in [6.07, 6.45) is 0. The van der Waals surface area contributed by atoms with Gasteiger partial charge in [-0.15, -0.1) is 0 Å². The van der Waals surface area contributed by atoms with Crippen LogP contribution in [0.5, 0.6) is 0 Å². The van der Waals surface area contributed by atoms with Gasteiger partial charge in [0.2, 0.25) is 5.91 Å². The number of nitrogens with one attached hydrogen (secondary N) is 2. The van der Waals surface area contributed by atoms with E-state index in [1.54, 1.807) is 48.5 Å². The first kappa shape index (κ1) is 17.4. The smallest absolute Gasteiger partial charge is 0.349 e. The number of hydrogen-bond acceptors (Lipinski definition) is 5. The second-order valence-corrected chi connectivity index (χ2v) is 5.50. The Morgan fingerprint density at radius 2 is 1.73 bits per heavy atom. The van der Waals surface area contributed by atoms with Crippen molar-refractivity contribution in [3.8, 4) is 0 Å². The van der Waals surface area contributed by atoms with E-state index in [1.165, 1.54) is 13.2 Å². The van der Waals surface area contributed by atoms with Crippen molar-refractivity contribution in [2.75, 3.05) is 24.4 Å². The summed E-state index contributed by atoms with van der Waals surface area (Å²) in [5.41, 5.74) is 0.522. The number of ether oxygens (including phenoxy) is 1. The maximum Gasteiger partial charge on any atom is 0.349 e. The van der Waals surface area contributed by atoms with Gasteiger partial charge in [0.1, 0.15) is 17.8 Å². The van der Waals surface area contributed by atoms with Gasteiger partial charge in [-0.3, -0.25) is 9.59 Å². The zero-order valence-corrected chi connectivity index (χ0v) is 13.9. The molecule has 2 aromatic carbocycles. The Kier molecular flexibility index (Phi) is 5.09. The fourth-order valence-corrected chi connectivity index (χ4v) is 2.42. The minimum Gasteiger partial charge on any atom is -0.422 e. The topological polar surface area (TPSA) is 97.6 Å². The van der Waals surface area contributed by atoms with Gasteiger partial charge >= 0.3 is 5.63 Å². The van der Waals surface area contributed by atoms with Crippen molar-refractivity contribution in [1.82, 2.24) is 0 Å². The lowest BCUT2D eigenvalue weighted by molar-refractivity contribution is -0.119. The van der Waals surface area contributed by atoms with Gasteiger partial charge in [-0.1, -0.05) is 24.3 Å². The molecule has 0 aliphatic heterocycles. The number of carbonyl (C=O) groups excluding carboxylic acids is 2. The number of hydrogen-bond donors (Lipinski definition) is 2. The molecule has 3 rings (SSSR count). The number of para-hydroxylation sites is 1. The quantitative estimate of drug-likeness (QED) is 0.688. The molecular weight excluding hydrogens is 336 g/mol. The third-order valence-corrected chi connectivity index (χ3v) is 3.57. The van der Waals surface area contributed by atoms with Crippen molar-refractivity contribution in [1.29, 1.82) is 0 Å². The maximum atomic E-state index is 12.4. The highest BCUT2D eigenvalue weighted by Gasteiger charge is 2.14. The lowest BCUT2D eigenvalue weighted by Crippen LogP contribution is -2.21. The number of rotatable bonds is 5. The molecule has 0 spiro atoms. The molecule has 0 atom stereocenters. The third-order valence-electron chi connectivity index (χ3n) is 3.57. The molecule has 3 aromatic rings. The second-order valence-electron chi connectivity index (χ2n) is 5.50. The van der Waals surface area contributed by atoms with Gasteiger partial charge in [0.15, 0.2) is 0 Å². The molecule has 0 aliphatic rings. The van der Waals surface area contributed by atoms with Gasteiger partial charge in [-0.2, -0.15) is 0 Å². The van der Waals surface area contributed by atoms with E-state index in [4.69, 9.17) is 9.15 Å². The van der Waals surface area contributed by atoms with E-state index in [9.17, 15) is 14.4 Å². The molecule has 1 aromatic heterocycles. The van der Waals surface area contributed by atoms with Crippen molar-refractivity contribution in [2.24, 2.45) is 0 Å². The van der Waals surface area contributed by atoms with Gasteiger partial charge in [-0.05, 0) is 30.3 Å². The van der Waals surface area contributed by atoms with Crippen molar-refractivity contribution in [2.45, 2.75) is 0 Å². The molecule has 7 heteroatoms. The molecule has 0 fully saturated rings. The first-order valence-corrected chi connectivity index (χ1v) is 7.80. The van der Waals surface area contributed by atoms with Crippen LogP contribution in [0, 0.1) is 0 Å². The first-order chi connectivity index (χ1) is 12.6. The Labute approximate surface area is 148 Å². The Bertz CT molecular complexity index is 1030. The molecule has 132 valence electrons. The predicted octanol–water partition coefficient (Wildman–Crippen LogP) is 2.63. The van der Waals surface area contributed by atoms with E-state index in [0.717, 1.165) is 0 Å². The van der Waals surface area contributed by atoms with Crippen LogP contribution in [0.3, 0.4) is 0 Å². The molecular formula is C19H16N2O5. The fraction of sp³-hybridized carbons (Fsp3) is 0.105. The fourth-order valence-electron chi connectivity index (χ4n) is 2.42. The van der Waals surface area contributed by atoms with Crippen LogP contribution < -0.4 is 16.3 Å². The minimum absolute atomic E-state index is 0.0747. The molecule has 2 amide bonds. The van der Waals surface area contributed by atoms with Crippen LogP contribution in [0.4, 0.5) is 11.4 Å². The standard InChI is InChI=1S/C19H16N2O5/c1-25-11-17(22)20-13-6-4-7-14(10-13)21-18(23)15-9-12-5-2-3-8-16(12)26-19(15)24/h2-10H,11H2,1H3,(H,20,22)(H,21,23). The molecule has 0 radical (unpaired) electrons. The lowest BCUT2D eigenvalue weighted by Gasteiger charge is -2.08. The highest BCUT2D eigenvalue weighted by molar-refractivity contribution is 6.05. The summed E-state index contributed by atoms with van der Waals surface area (Å²) in [6, 6.07) is 15.0. The highest BCUT2D eigenvalue weighted by atomic mass is 16.5. The van der Waals surface area contributed by atoms with Gasteiger partial charge in [-0.25, -0.2) is 4.79 Å². The van der Waals surface area contributed by atoms with Gasteiger partial charge in [0.25, 0.3) is 5.91 Å². The summed E-state index contributed by atoms with van der Waals surface area (Å²) in [7, 11) is 1.42.